The Morgan fingerprint density at radius 2 is 1.91 bits per heavy atom. The van der Waals surface area contributed by atoms with E-state index in [0.29, 0.717) is 18.5 Å². The van der Waals surface area contributed by atoms with Gasteiger partial charge in [0.15, 0.2) is 0 Å². The minimum Gasteiger partial charge on any atom is -0.507 e. The average molecular weight is 331 g/mol. The third kappa shape index (κ3) is 5.91. The van der Waals surface area contributed by atoms with E-state index < -0.39 is 5.97 Å². The Labute approximate surface area is 136 Å². The lowest BCUT2D eigenvalue weighted by molar-refractivity contribution is -0.121. The first-order chi connectivity index (χ1) is 9.97. The van der Waals surface area contributed by atoms with Gasteiger partial charge in [0.05, 0.1) is 0 Å². The van der Waals surface area contributed by atoms with Gasteiger partial charge in [-0.05, 0) is 37.9 Å². The maximum atomic E-state index is 11.7. The molecular formula is C15H23ClN2O4. The number of aromatic carboxylic acids is 1. The summed E-state index contributed by atoms with van der Waals surface area (Å²) in [5.41, 5.74) is 6.39. The molecule has 0 aromatic heterocycles. The van der Waals surface area contributed by atoms with E-state index in [2.05, 4.69) is 5.32 Å². The molecule has 0 aliphatic heterocycles. The van der Waals surface area contributed by atoms with Crippen LogP contribution >= 0.6 is 12.4 Å². The first kappa shape index (κ1) is 20.2. The molecule has 0 saturated carbocycles. The highest BCUT2D eigenvalue weighted by atomic mass is 35.5. The first-order valence-corrected chi connectivity index (χ1v) is 6.99. The van der Waals surface area contributed by atoms with Crippen LogP contribution in [-0.4, -0.2) is 28.6 Å². The summed E-state index contributed by atoms with van der Waals surface area (Å²) in [7, 11) is 0. The van der Waals surface area contributed by atoms with Gasteiger partial charge < -0.3 is 21.3 Å². The van der Waals surface area contributed by atoms with E-state index in [1.54, 1.807) is 13.0 Å². The lowest BCUT2D eigenvalue weighted by atomic mass is 10.0. The van der Waals surface area contributed by atoms with Crippen molar-refractivity contribution in [1.82, 2.24) is 5.32 Å². The third-order valence-electron chi connectivity index (χ3n) is 3.32. The van der Waals surface area contributed by atoms with Gasteiger partial charge in [-0.3, -0.25) is 4.79 Å². The molecule has 0 fully saturated rings. The number of unbranched alkanes of at least 4 members (excludes halogenated alkanes) is 2. The molecular weight excluding hydrogens is 308 g/mol. The maximum Gasteiger partial charge on any atom is 0.339 e. The predicted molar refractivity (Wildman–Crippen MR) is 86.4 cm³/mol. The molecule has 0 aliphatic rings. The highest BCUT2D eigenvalue weighted by Crippen LogP contribution is 2.25. The van der Waals surface area contributed by atoms with Gasteiger partial charge in [-0.25, -0.2) is 4.79 Å². The zero-order chi connectivity index (χ0) is 15.8. The normalized spacial score (nSPS) is 9.91. The maximum absolute atomic E-state index is 11.7. The lowest BCUT2D eigenvalue weighted by Crippen LogP contribution is -2.23. The predicted octanol–water partition coefficient (Wildman–Crippen LogP) is 1.96. The topological polar surface area (TPSA) is 113 Å². The summed E-state index contributed by atoms with van der Waals surface area (Å²) < 4.78 is 0. The number of amides is 1. The van der Waals surface area contributed by atoms with Gasteiger partial charge in [0.2, 0.25) is 5.91 Å². The Kier molecular flexibility index (Phi) is 9.21. The van der Waals surface area contributed by atoms with E-state index in [0.717, 1.165) is 24.8 Å². The molecule has 5 N–H and O–H groups in total. The second-order valence-corrected chi connectivity index (χ2v) is 4.94. The standard InChI is InChI=1S/C15H22N2O4.ClH/c1-10-6-7-11(15(20)21)14(19)12(10)9-17-13(18)5-3-2-4-8-16;/h6-7,19H,2-5,8-9,16H2,1H3,(H,17,18)(H,20,21);1H. The molecule has 6 nitrogen and oxygen atoms in total. The molecule has 0 unspecified atom stereocenters. The van der Waals surface area contributed by atoms with Gasteiger partial charge in [0.1, 0.15) is 11.3 Å². The van der Waals surface area contributed by atoms with Gasteiger partial charge in [0, 0.05) is 18.5 Å². The number of nitrogens with two attached hydrogens (primary N) is 1. The van der Waals surface area contributed by atoms with Crippen molar-refractivity contribution in [3.63, 3.8) is 0 Å². The monoisotopic (exact) mass is 330 g/mol. The van der Waals surface area contributed by atoms with Gasteiger partial charge in [-0.15, -0.1) is 12.4 Å². The van der Waals surface area contributed by atoms with Gasteiger partial charge in [-0.2, -0.15) is 0 Å². The van der Waals surface area contributed by atoms with E-state index in [1.165, 1.54) is 6.07 Å². The molecule has 0 bridgehead atoms. The molecule has 0 atom stereocenters. The molecule has 7 heteroatoms. The summed E-state index contributed by atoms with van der Waals surface area (Å²) in [6.45, 7) is 2.50. The largest absolute Gasteiger partial charge is 0.507 e. The molecule has 124 valence electrons. The van der Waals surface area contributed by atoms with Crippen molar-refractivity contribution in [3.8, 4) is 5.75 Å². The van der Waals surface area contributed by atoms with Crippen molar-refractivity contribution < 1.29 is 19.8 Å². The van der Waals surface area contributed by atoms with Crippen LogP contribution in [0.2, 0.25) is 0 Å². The van der Waals surface area contributed by atoms with Crippen LogP contribution < -0.4 is 11.1 Å². The Bertz CT molecular complexity index is 521. The number of hydrogen-bond acceptors (Lipinski definition) is 4. The van der Waals surface area contributed by atoms with Gasteiger partial charge in [0.25, 0.3) is 0 Å². The molecule has 1 aromatic carbocycles. The fourth-order valence-corrected chi connectivity index (χ4v) is 2.01. The number of carbonyl (C=O) groups is 2. The zero-order valence-electron chi connectivity index (χ0n) is 12.6. The summed E-state index contributed by atoms with van der Waals surface area (Å²) in [6.07, 6.45) is 2.97. The Hall–Kier alpha value is -1.79. The molecule has 1 amide bonds. The Morgan fingerprint density at radius 3 is 2.50 bits per heavy atom. The molecule has 0 aliphatic carbocycles. The third-order valence-corrected chi connectivity index (χ3v) is 3.32. The van der Waals surface area contributed by atoms with E-state index >= 15 is 0 Å². The summed E-state index contributed by atoms with van der Waals surface area (Å²) in [5, 5.41) is 21.6. The van der Waals surface area contributed by atoms with Crippen LogP contribution in [0.15, 0.2) is 12.1 Å². The minimum absolute atomic E-state index is 0. The van der Waals surface area contributed by atoms with E-state index in [-0.39, 0.29) is 36.2 Å². The van der Waals surface area contributed by atoms with Crippen molar-refractivity contribution >= 4 is 24.3 Å². The van der Waals surface area contributed by atoms with Crippen LogP contribution in [0.1, 0.15) is 47.2 Å². The van der Waals surface area contributed by atoms with Crippen molar-refractivity contribution in [3.05, 3.63) is 28.8 Å². The quantitative estimate of drug-likeness (QED) is 0.544. The number of carbonyl (C=O) groups excluding carboxylic acids is 1. The van der Waals surface area contributed by atoms with E-state index in [9.17, 15) is 14.7 Å². The summed E-state index contributed by atoms with van der Waals surface area (Å²) in [4.78, 5) is 22.6. The van der Waals surface area contributed by atoms with Crippen molar-refractivity contribution in [2.24, 2.45) is 5.73 Å². The second-order valence-electron chi connectivity index (χ2n) is 4.94. The summed E-state index contributed by atoms with van der Waals surface area (Å²) in [5.74, 6) is -1.60. The smallest absolute Gasteiger partial charge is 0.339 e. The summed E-state index contributed by atoms with van der Waals surface area (Å²) >= 11 is 0. The second kappa shape index (κ2) is 10.0. The number of hydrogen-bond donors (Lipinski definition) is 4. The SMILES string of the molecule is Cc1ccc(C(=O)O)c(O)c1CNC(=O)CCCCCN.Cl. The van der Waals surface area contributed by atoms with Crippen LogP contribution in [-0.2, 0) is 11.3 Å². The molecule has 1 rings (SSSR count). The minimum atomic E-state index is -1.19. The number of aromatic hydroxyl groups is 1. The van der Waals surface area contributed by atoms with E-state index in [1.807, 2.05) is 0 Å². The Balaban J connectivity index is 0.00000441. The molecule has 0 radical (unpaired) electrons. The zero-order valence-corrected chi connectivity index (χ0v) is 13.4. The number of nitrogens with one attached hydrogen (secondary N) is 1. The number of rotatable bonds is 8. The van der Waals surface area contributed by atoms with E-state index in [4.69, 9.17) is 10.8 Å². The number of carboxylic acids is 1. The molecule has 22 heavy (non-hydrogen) atoms. The van der Waals surface area contributed by atoms with Crippen LogP contribution in [0.4, 0.5) is 0 Å². The molecule has 0 saturated heterocycles. The first-order valence-electron chi connectivity index (χ1n) is 6.99. The van der Waals surface area contributed by atoms with Gasteiger partial charge >= 0.3 is 5.97 Å². The van der Waals surface area contributed by atoms with Crippen LogP contribution in [0.3, 0.4) is 0 Å². The number of aryl methyl sites for hydroxylation is 1. The van der Waals surface area contributed by atoms with Gasteiger partial charge in [-0.1, -0.05) is 12.5 Å². The van der Waals surface area contributed by atoms with Crippen molar-refractivity contribution in [2.75, 3.05) is 6.54 Å². The van der Waals surface area contributed by atoms with Crippen molar-refractivity contribution in [1.29, 1.82) is 0 Å². The summed E-state index contributed by atoms with van der Waals surface area (Å²) in [6, 6.07) is 2.97. The van der Waals surface area contributed by atoms with Crippen molar-refractivity contribution in [2.45, 2.75) is 39.2 Å². The number of benzene rings is 1. The highest BCUT2D eigenvalue weighted by molar-refractivity contribution is 5.91. The number of carboxylic acid groups (broad SMARTS) is 1. The molecule has 1 aromatic rings. The average Bonchev–Trinajstić information content (AvgIpc) is 2.43. The van der Waals surface area contributed by atoms with Crippen LogP contribution in [0.5, 0.6) is 5.75 Å². The number of halogens is 1. The Morgan fingerprint density at radius 1 is 1.23 bits per heavy atom. The fourth-order valence-electron chi connectivity index (χ4n) is 2.01. The fraction of sp³-hybridized carbons (Fsp3) is 0.467. The van der Waals surface area contributed by atoms with Crippen LogP contribution in [0.25, 0.3) is 0 Å². The molecule has 0 heterocycles. The molecule has 0 spiro atoms. The lowest BCUT2D eigenvalue weighted by Gasteiger charge is -2.12. The van der Waals surface area contributed by atoms with Crippen LogP contribution in [0, 0.1) is 6.92 Å². The highest BCUT2D eigenvalue weighted by Gasteiger charge is 2.15. The number of phenols is 1.